The van der Waals surface area contributed by atoms with Crippen molar-refractivity contribution in [1.82, 2.24) is 0 Å². The van der Waals surface area contributed by atoms with Gasteiger partial charge in [0.2, 0.25) is 0 Å². The van der Waals surface area contributed by atoms with Crippen molar-refractivity contribution in [1.29, 1.82) is 0 Å². The highest BCUT2D eigenvalue weighted by atomic mass is 127. The van der Waals surface area contributed by atoms with E-state index in [0.29, 0.717) is 5.75 Å². The van der Waals surface area contributed by atoms with Crippen LogP contribution in [0.4, 0.5) is 0 Å². The van der Waals surface area contributed by atoms with Gasteiger partial charge in [-0.1, -0.05) is 107 Å². The van der Waals surface area contributed by atoms with Crippen LogP contribution in [0.25, 0.3) is 5.57 Å². The van der Waals surface area contributed by atoms with Crippen LogP contribution < -0.4 is 0 Å². The lowest BCUT2D eigenvalue weighted by atomic mass is 9.74. The molecule has 1 atom stereocenters. The van der Waals surface area contributed by atoms with Crippen molar-refractivity contribution < 1.29 is 5.11 Å². The fraction of sp³-hybridized carbons (Fsp3) is 0.185. The second-order valence-corrected chi connectivity index (χ2v) is 10.3. The van der Waals surface area contributed by atoms with Crippen molar-refractivity contribution >= 4 is 28.2 Å². The van der Waals surface area contributed by atoms with E-state index in [4.69, 9.17) is 0 Å². The van der Waals surface area contributed by atoms with Crippen molar-refractivity contribution in [3.8, 4) is 5.75 Å². The Morgan fingerprint density at radius 3 is 1.97 bits per heavy atom. The number of aromatic hydroxyl groups is 1. The van der Waals surface area contributed by atoms with E-state index in [0.717, 1.165) is 12.0 Å². The van der Waals surface area contributed by atoms with E-state index in [9.17, 15) is 5.11 Å². The van der Waals surface area contributed by atoms with Gasteiger partial charge in [-0.05, 0) is 60.2 Å². The van der Waals surface area contributed by atoms with Crippen molar-refractivity contribution in [2.45, 2.75) is 29.6 Å². The summed E-state index contributed by atoms with van der Waals surface area (Å²) in [7, 11) is 0. The van der Waals surface area contributed by atoms with Crippen LogP contribution in [-0.2, 0) is 0 Å². The quantitative estimate of drug-likeness (QED) is 0.295. The molecule has 3 aromatic rings. The van der Waals surface area contributed by atoms with E-state index in [1.165, 1.54) is 27.8 Å². The van der Waals surface area contributed by atoms with Crippen molar-refractivity contribution in [3.63, 3.8) is 0 Å². The third kappa shape index (κ3) is 4.18. The largest absolute Gasteiger partial charge is 0.508 e. The molecule has 0 radical (unpaired) electrons. The van der Waals surface area contributed by atoms with Crippen LogP contribution in [0.5, 0.6) is 5.75 Å². The van der Waals surface area contributed by atoms with Crippen LogP contribution in [0.1, 0.15) is 42.9 Å². The molecule has 0 aromatic heterocycles. The van der Waals surface area contributed by atoms with Crippen LogP contribution in [0.15, 0.2) is 102 Å². The first-order valence-corrected chi connectivity index (χ1v) is 11.0. The molecule has 0 spiro atoms. The second kappa shape index (κ2) is 8.19. The van der Waals surface area contributed by atoms with Gasteiger partial charge in [0.25, 0.3) is 0 Å². The number of hydrogen-bond acceptors (Lipinski definition) is 1. The van der Waals surface area contributed by atoms with Crippen LogP contribution in [0.2, 0.25) is 0 Å². The Kier molecular flexibility index (Phi) is 5.64. The zero-order chi connectivity index (χ0) is 20.4. The number of benzene rings is 3. The number of rotatable bonds is 4. The molecule has 2 heteroatoms. The van der Waals surface area contributed by atoms with Gasteiger partial charge >= 0.3 is 0 Å². The summed E-state index contributed by atoms with van der Waals surface area (Å²) in [5.74, 6) is 0.559. The van der Waals surface area contributed by atoms with E-state index < -0.39 is 0 Å². The Morgan fingerprint density at radius 1 is 0.862 bits per heavy atom. The van der Waals surface area contributed by atoms with Gasteiger partial charge in [0.05, 0.1) is 0 Å². The molecule has 0 aliphatic heterocycles. The summed E-state index contributed by atoms with van der Waals surface area (Å²) in [6, 6.07) is 29.2. The number of phenols is 1. The molecule has 1 unspecified atom stereocenters. The molecule has 1 N–H and O–H groups in total. The second-order valence-electron chi connectivity index (χ2n) is 7.96. The maximum absolute atomic E-state index is 10.00. The van der Waals surface area contributed by atoms with E-state index in [-0.39, 0.29) is 9.34 Å². The normalized spacial score (nSPS) is 19.4. The van der Waals surface area contributed by atoms with E-state index in [1.807, 2.05) is 12.1 Å². The van der Waals surface area contributed by atoms with Gasteiger partial charge < -0.3 is 5.11 Å². The predicted molar refractivity (Wildman–Crippen MR) is 131 cm³/mol. The highest BCUT2D eigenvalue weighted by molar-refractivity contribution is 14.1. The molecule has 1 aliphatic carbocycles. The lowest BCUT2D eigenvalue weighted by Gasteiger charge is -2.36. The summed E-state index contributed by atoms with van der Waals surface area (Å²) in [6.45, 7) is 4.50. The molecule has 146 valence electrons. The minimum absolute atomic E-state index is 0.0540. The minimum atomic E-state index is -0.0540. The number of halogens is 1. The molecule has 4 rings (SSSR count). The average molecular weight is 492 g/mol. The molecule has 0 bridgehead atoms. The summed E-state index contributed by atoms with van der Waals surface area (Å²) >= 11 is 2.59. The summed E-state index contributed by atoms with van der Waals surface area (Å²) in [6.07, 6.45) is 3.33. The molecule has 1 aliphatic rings. The third-order valence-corrected chi connectivity index (χ3v) is 6.55. The van der Waals surface area contributed by atoms with Gasteiger partial charge in [0.15, 0.2) is 0 Å². The van der Waals surface area contributed by atoms with Gasteiger partial charge in [0.1, 0.15) is 5.75 Å². The summed E-state index contributed by atoms with van der Waals surface area (Å²) in [5, 5.41) is 10.00. The fourth-order valence-corrected chi connectivity index (χ4v) is 5.75. The van der Waals surface area contributed by atoms with Crippen molar-refractivity contribution in [3.05, 3.63) is 119 Å². The Balaban J connectivity index is 1.86. The van der Waals surface area contributed by atoms with Crippen molar-refractivity contribution in [2.75, 3.05) is 0 Å². The first-order chi connectivity index (χ1) is 14.0. The molecule has 0 saturated heterocycles. The Hall–Kier alpha value is -2.33. The minimum Gasteiger partial charge on any atom is -0.508 e. The topological polar surface area (TPSA) is 20.2 Å². The van der Waals surface area contributed by atoms with Gasteiger partial charge in [-0.3, -0.25) is 0 Å². The molecule has 29 heavy (non-hydrogen) atoms. The highest BCUT2D eigenvalue weighted by Crippen LogP contribution is 2.49. The van der Waals surface area contributed by atoms with Crippen LogP contribution in [0.3, 0.4) is 0 Å². The Morgan fingerprint density at radius 2 is 1.45 bits per heavy atom. The lowest BCUT2D eigenvalue weighted by Crippen LogP contribution is -2.25. The molecule has 1 nitrogen and oxygen atoms in total. The summed E-state index contributed by atoms with van der Waals surface area (Å²) in [4.78, 5) is 0. The molecule has 0 heterocycles. The van der Waals surface area contributed by atoms with Gasteiger partial charge in [-0.2, -0.15) is 0 Å². The SMILES string of the molecule is CC1=C(c2cccc(O)c2)C(C)(I)CC(C(c2ccccc2)c2ccccc2)=C1. The molecule has 0 amide bonds. The Labute approximate surface area is 187 Å². The van der Waals surface area contributed by atoms with E-state index in [1.54, 1.807) is 6.07 Å². The molecular weight excluding hydrogens is 467 g/mol. The number of allylic oxidation sites excluding steroid dienone is 4. The predicted octanol–water partition coefficient (Wildman–Crippen LogP) is 7.52. The van der Waals surface area contributed by atoms with Crippen LogP contribution in [0, 0.1) is 0 Å². The summed E-state index contributed by atoms with van der Waals surface area (Å²) < 4.78 is -0.0540. The van der Waals surface area contributed by atoms with Gasteiger partial charge in [-0.15, -0.1) is 0 Å². The smallest absolute Gasteiger partial charge is 0.116 e. The van der Waals surface area contributed by atoms with E-state index in [2.05, 4.69) is 109 Å². The monoisotopic (exact) mass is 492 g/mol. The number of phenolic OH excluding ortho intramolecular Hbond substituents is 1. The fourth-order valence-electron chi connectivity index (χ4n) is 4.57. The molecular formula is C27H25IO. The van der Waals surface area contributed by atoms with Gasteiger partial charge in [-0.25, -0.2) is 0 Å². The Bertz CT molecular complexity index is 1020. The molecule has 3 aromatic carbocycles. The maximum atomic E-state index is 10.00. The van der Waals surface area contributed by atoms with Gasteiger partial charge in [0, 0.05) is 9.34 Å². The first-order valence-electron chi connectivity index (χ1n) is 9.96. The third-order valence-electron chi connectivity index (χ3n) is 5.63. The number of hydrogen-bond donors (Lipinski definition) is 1. The van der Waals surface area contributed by atoms with Crippen LogP contribution >= 0.6 is 22.6 Å². The average Bonchev–Trinajstić information content (AvgIpc) is 2.69. The maximum Gasteiger partial charge on any atom is 0.116 e. The van der Waals surface area contributed by atoms with Crippen LogP contribution in [-0.4, -0.2) is 8.53 Å². The zero-order valence-electron chi connectivity index (χ0n) is 16.8. The van der Waals surface area contributed by atoms with E-state index >= 15 is 0 Å². The highest BCUT2D eigenvalue weighted by Gasteiger charge is 2.35. The van der Waals surface area contributed by atoms with Crippen molar-refractivity contribution in [2.24, 2.45) is 0 Å². The molecule has 0 fully saturated rings. The molecule has 0 saturated carbocycles. The summed E-state index contributed by atoms with van der Waals surface area (Å²) in [5.41, 5.74) is 7.76. The first kappa shape index (κ1) is 20.0. The lowest BCUT2D eigenvalue weighted by molar-refractivity contribution is 0.475. The number of alkyl halides is 1. The zero-order valence-corrected chi connectivity index (χ0v) is 18.9. The standard InChI is InChI=1S/C27H25IO/c1-19-16-23(18-27(2,28)26(19)22-14-9-15-24(29)17-22)25(20-10-5-3-6-11-20)21-12-7-4-8-13-21/h3-17,25,29H,18H2,1-2H3.